The van der Waals surface area contributed by atoms with Crippen LogP contribution in [0.3, 0.4) is 0 Å². The fraction of sp³-hybridized carbons (Fsp3) is 0.190. The third-order valence-corrected chi connectivity index (χ3v) is 7.01. The average Bonchev–Trinajstić information content (AvgIpc) is 3.30. The molecule has 2 aromatic heterocycles. The maximum Gasteiger partial charge on any atom is 0.240 e. The summed E-state index contributed by atoms with van der Waals surface area (Å²) in [4.78, 5) is 16.9. The van der Waals surface area contributed by atoms with Crippen LogP contribution in [0.15, 0.2) is 58.8 Å². The molecule has 1 N–H and O–H groups in total. The number of fused-ring (bicyclic) bond motifs is 1. The largest absolute Gasteiger partial charge is 0.295 e. The molecule has 0 spiro atoms. The van der Waals surface area contributed by atoms with Gasteiger partial charge in [-0.3, -0.25) is 4.79 Å². The van der Waals surface area contributed by atoms with Crippen molar-refractivity contribution in [3.63, 3.8) is 0 Å². The number of Topliss-reactive ketones (excluding diaryl/α,β-unsaturated/α-hetero) is 1. The standard InChI is InChI=1S/C21H20N4O3S2/c1-14-6-8-16(9-7-14)20-23-21-25(24-20)18(13-29-21)10-11-22-30(27,28)19-5-3-4-17(12-19)15(2)26/h3-9,12-13,22H,10-11H2,1-2H3. The molecule has 9 heteroatoms. The number of carbonyl (C=O) groups is 1. The summed E-state index contributed by atoms with van der Waals surface area (Å²) in [6.07, 6.45) is 0.461. The predicted octanol–water partition coefficient (Wildman–Crippen LogP) is 3.49. The molecule has 2 aromatic carbocycles. The zero-order valence-corrected chi connectivity index (χ0v) is 18.1. The number of nitrogens with one attached hydrogen (secondary N) is 1. The van der Waals surface area contributed by atoms with Crippen molar-refractivity contribution in [3.8, 4) is 11.4 Å². The first-order valence-electron chi connectivity index (χ1n) is 9.34. The number of carbonyl (C=O) groups excluding carboxylic acids is 1. The molecule has 0 radical (unpaired) electrons. The van der Waals surface area contributed by atoms with Crippen molar-refractivity contribution < 1.29 is 13.2 Å². The van der Waals surface area contributed by atoms with Crippen LogP contribution in [0.5, 0.6) is 0 Å². The molecule has 0 aliphatic carbocycles. The number of ketones is 1. The minimum Gasteiger partial charge on any atom is -0.295 e. The summed E-state index contributed by atoms with van der Waals surface area (Å²) in [6, 6.07) is 14.0. The Kier molecular flexibility index (Phi) is 5.50. The van der Waals surface area contributed by atoms with E-state index in [-0.39, 0.29) is 17.2 Å². The Morgan fingerprint density at radius 1 is 1.17 bits per heavy atom. The van der Waals surface area contributed by atoms with Crippen molar-refractivity contribution in [3.05, 3.63) is 70.7 Å². The van der Waals surface area contributed by atoms with Crippen LogP contribution >= 0.6 is 11.3 Å². The first kappa shape index (κ1) is 20.4. The zero-order valence-electron chi connectivity index (χ0n) is 16.5. The number of nitrogens with zero attached hydrogens (tertiary/aromatic N) is 3. The number of hydrogen-bond acceptors (Lipinski definition) is 6. The van der Waals surface area contributed by atoms with Gasteiger partial charge < -0.3 is 0 Å². The van der Waals surface area contributed by atoms with Crippen molar-refractivity contribution in [1.82, 2.24) is 19.3 Å². The summed E-state index contributed by atoms with van der Waals surface area (Å²) in [7, 11) is -3.71. The van der Waals surface area contributed by atoms with Gasteiger partial charge in [-0.1, -0.05) is 42.0 Å². The molecule has 0 fully saturated rings. The van der Waals surface area contributed by atoms with Gasteiger partial charge in [0.1, 0.15) is 0 Å². The number of benzene rings is 2. The molecule has 7 nitrogen and oxygen atoms in total. The van der Waals surface area contributed by atoms with Crippen LogP contribution < -0.4 is 4.72 Å². The molecular weight excluding hydrogens is 420 g/mol. The SMILES string of the molecule is CC(=O)c1cccc(S(=O)(=O)NCCc2csc3nc(-c4ccc(C)cc4)nn23)c1. The Morgan fingerprint density at radius 3 is 2.67 bits per heavy atom. The third kappa shape index (κ3) is 4.18. The molecule has 2 heterocycles. The highest BCUT2D eigenvalue weighted by molar-refractivity contribution is 7.89. The molecule has 4 aromatic rings. The van der Waals surface area contributed by atoms with E-state index in [9.17, 15) is 13.2 Å². The van der Waals surface area contributed by atoms with E-state index in [0.717, 1.165) is 16.2 Å². The summed E-state index contributed by atoms with van der Waals surface area (Å²) in [6.45, 7) is 3.64. The van der Waals surface area contributed by atoms with Gasteiger partial charge >= 0.3 is 0 Å². The Balaban J connectivity index is 1.48. The highest BCUT2D eigenvalue weighted by Crippen LogP contribution is 2.21. The van der Waals surface area contributed by atoms with E-state index < -0.39 is 10.0 Å². The second-order valence-corrected chi connectivity index (χ2v) is 9.56. The van der Waals surface area contributed by atoms with Gasteiger partial charge in [-0.15, -0.1) is 16.4 Å². The quantitative estimate of drug-likeness (QED) is 0.444. The summed E-state index contributed by atoms with van der Waals surface area (Å²) < 4.78 is 29.5. The molecule has 0 atom stereocenters. The summed E-state index contributed by atoms with van der Waals surface area (Å²) in [5, 5.41) is 6.51. The Hall–Kier alpha value is -2.88. The maximum atomic E-state index is 12.6. The van der Waals surface area contributed by atoms with Crippen molar-refractivity contribution in [2.75, 3.05) is 6.54 Å². The van der Waals surface area contributed by atoms with Crippen LogP contribution in [0.1, 0.15) is 28.5 Å². The lowest BCUT2D eigenvalue weighted by Gasteiger charge is -2.07. The van der Waals surface area contributed by atoms with Crippen molar-refractivity contribution in [1.29, 1.82) is 0 Å². The summed E-state index contributed by atoms with van der Waals surface area (Å²) in [5.41, 5.74) is 3.35. The molecule has 0 saturated carbocycles. The number of thiazole rings is 1. The van der Waals surface area contributed by atoms with Gasteiger partial charge in [0.2, 0.25) is 15.0 Å². The monoisotopic (exact) mass is 440 g/mol. The van der Waals surface area contributed by atoms with Crippen LogP contribution in [-0.2, 0) is 16.4 Å². The highest BCUT2D eigenvalue weighted by atomic mass is 32.2. The number of sulfonamides is 1. The van der Waals surface area contributed by atoms with E-state index in [2.05, 4.69) is 14.8 Å². The minimum absolute atomic E-state index is 0.0769. The van der Waals surface area contributed by atoms with Gasteiger partial charge in [0.25, 0.3) is 0 Å². The number of aryl methyl sites for hydroxylation is 1. The molecular formula is C21H20N4O3S2. The zero-order chi connectivity index (χ0) is 21.3. The second kappa shape index (κ2) is 8.10. The molecule has 0 saturated heterocycles. The molecule has 154 valence electrons. The minimum atomic E-state index is -3.71. The van der Waals surface area contributed by atoms with Crippen LogP contribution in [-0.4, -0.2) is 35.3 Å². The van der Waals surface area contributed by atoms with Crippen LogP contribution in [0.4, 0.5) is 0 Å². The van der Waals surface area contributed by atoms with E-state index in [1.54, 1.807) is 16.6 Å². The van der Waals surface area contributed by atoms with Crippen LogP contribution in [0.25, 0.3) is 16.3 Å². The molecule has 0 unspecified atom stereocenters. The van der Waals surface area contributed by atoms with E-state index in [1.807, 2.05) is 36.6 Å². The molecule has 4 rings (SSSR count). The topological polar surface area (TPSA) is 93.4 Å². The average molecular weight is 441 g/mol. The van der Waals surface area contributed by atoms with Crippen LogP contribution in [0.2, 0.25) is 0 Å². The third-order valence-electron chi connectivity index (χ3n) is 4.68. The lowest BCUT2D eigenvalue weighted by Crippen LogP contribution is -2.26. The Bertz CT molecular complexity index is 1320. The van der Waals surface area contributed by atoms with Gasteiger partial charge in [0.05, 0.1) is 10.6 Å². The van der Waals surface area contributed by atoms with Crippen molar-refractivity contribution in [2.24, 2.45) is 0 Å². The lowest BCUT2D eigenvalue weighted by atomic mass is 10.1. The second-order valence-electron chi connectivity index (χ2n) is 6.95. The van der Waals surface area contributed by atoms with Gasteiger partial charge in [0.15, 0.2) is 11.6 Å². The van der Waals surface area contributed by atoms with E-state index in [4.69, 9.17) is 0 Å². The van der Waals surface area contributed by atoms with Crippen molar-refractivity contribution in [2.45, 2.75) is 25.2 Å². The maximum absolute atomic E-state index is 12.6. The number of rotatable bonds is 7. The predicted molar refractivity (Wildman–Crippen MR) is 116 cm³/mol. The lowest BCUT2D eigenvalue weighted by molar-refractivity contribution is 0.101. The normalized spacial score (nSPS) is 11.8. The molecule has 0 amide bonds. The first-order valence-corrected chi connectivity index (χ1v) is 11.7. The Morgan fingerprint density at radius 2 is 1.93 bits per heavy atom. The van der Waals surface area contributed by atoms with Gasteiger partial charge in [0, 0.05) is 29.5 Å². The first-order chi connectivity index (χ1) is 14.3. The van der Waals surface area contributed by atoms with E-state index in [0.29, 0.717) is 17.8 Å². The van der Waals surface area contributed by atoms with Gasteiger partial charge in [-0.2, -0.15) is 4.98 Å². The van der Waals surface area contributed by atoms with Gasteiger partial charge in [-0.05, 0) is 26.0 Å². The fourth-order valence-corrected chi connectivity index (χ4v) is 4.93. The summed E-state index contributed by atoms with van der Waals surface area (Å²) in [5.74, 6) is 0.466. The van der Waals surface area contributed by atoms with Crippen molar-refractivity contribution >= 4 is 32.1 Å². The number of hydrogen-bond donors (Lipinski definition) is 1. The van der Waals surface area contributed by atoms with E-state index in [1.165, 1.54) is 36.0 Å². The Labute approximate surface area is 178 Å². The molecule has 0 aliphatic rings. The fourth-order valence-electron chi connectivity index (χ4n) is 3.00. The summed E-state index contributed by atoms with van der Waals surface area (Å²) >= 11 is 1.47. The molecule has 30 heavy (non-hydrogen) atoms. The number of aromatic nitrogens is 3. The smallest absolute Gasteiger partial charge is 0.240 e. The molecule has 0 bridgehead atoms. The molecule has 0 aliphatic heterocycles. The van der Waals surface area contributed by atoms with Crippen LogP contribution in [0, 0.1) is 6.92 Å². The van der Waals surface area contributed by atoms with Gasteiger partial charge in [-0.25, -0.2) is 17.7 Å². The highest BCUT2D eigenvalue weighted by Gasteiger charge is 2.16. The van der Waals surface area contributed by atoms with E-state index >= 15 is 0 Å².